The van der Waals surface area contributed by atoms with Crippen LogP contribution in [0.1, 0.15) is 18.7 Å². The van der Waals surface area contributed by atoms with E-state index < -0.39 is 0 Å². The molecule has 0 saturated carbocycles. The van der Waals surface area contributed by atoms with E-state index in [0.717, 1.165) is 24.3 Å². The van der Waals surface area contributed by atoms with Gasteiger partial charge in [0.25, 0.3) is 5.89 Å². The fraction of sp³-hybridized carbons (Fsp3) is 0.500. The summed E-state index contributed by atoms with van der Waals surface area (Å²) < 4.78 is 5.25. The maximum atomic E-state index is 9.27. The van der Waals surface area contributed by atoms with Gasteiger partial charge < -0.3 is 9.63 Å². The number of nitrogens with zero attached hydrogens (tertiary/aromatic N) is 3. The normalized spacial score (nSPS) is 20.6. The van der Waals surface area contributed by atoms with Gasteiger partial charge in [-0.2, -0.15) is 4.98 Å². The van der Waals surface area contributed by atoms with E-state index in [0.29, 0.717) is 18.3 Å². The number of hydrogen-bond acceptors (Lipinski definition) is 6. The molecule has 0 bridgehead atoms. The molecular formula is C12H15N3O2S. The van der Waals surface area contributed by atoms with E-state index in [9.17, 15) is 5.11 Å². The molecule has 0 aromatic carbocycles. The number of thiophene rings is 1. The molecule has 0 amide bonds. The molecule has 1 fully saturated rings. The summed E-state index contributed by atoms with van der Waals surface area (Å²) in [4.78, 5) is 7.60. The minimum Gasteiger partial charge on any atom is -0.395 e. The average Bonchev–Trinajstić information content (AvgIpc) is 3.10. The van der Waals surface area contributed by atoms with Gasteiger partial charge in [0, 0.05) is 6.04 Å². The highest BCUT2D eigenvalue weighted by atomic mass is 32.1. The van der Waals surface area contributed by atoms with Crippen LogP contribution in [-0.4, -0.2) is 39.3 Å². The molecule has 18 heavy (non-hydrogen) atoms. The van der Waals surface area contributed by atoms with Crippen LogP contribution in [0.5, 0.6) is 0 Å². The summed E-state index contributed by atoms with van der Waals surface area (Å²) in [6.45, 7) is 1.85. The first-order valence-corrected chi connectivity index (χ1v) is 6.96. The van der Waals surface area contributed by atoms with Crippen molar-refractivity contribution in [1.29, 1.82) is 0 Å². The standard InChI is InChI=1S/C12H15N3O2S/c16-8-9-3-1-5-15(9)7-11-13-12(17-14-11)10-4-2-6-18-10/h2,4,6,9,16H,1,3,5,7-8H2. The maximum Gasteiger partial charge on any atom is 0.268 e. The minimum atomic E-state index is 0.204. The van der Waals surface area contributed by atoms with Crippen molar-refractivity contribution >= 4 is 11.3 Å². The molecule has 2 aromatic rings. The predicted molar refractivity (Wildman–Crippen MR) is 68.1 cm³/mol. The monoisotopic (exact) mass is 265 g/mol. The highest BCUT2D eigenvalue weighted by molar-refractivity contribution is 7.13. The van der Waals surface area contributed by atoms with Crippen LogP contribution < -0.4 is 0 Å². The first-order chi connectivity index (χ1) is 8.86. The fourth-order valence-electron chi connectivity index (χ4n) is 2.31. The summed E-state index contributed by atoms with van der Waals surface area (Å²) in [5.74, 6) is 1.28. The largest absolute Gasteiger partial charge is 0.395 e. The Morgan fingerprint density at radius 2 is 2.50 bits per heavy atom. The summed E-state index contributed by atoms with van der Waals surface area (Å²) in [5, 5.41) is 15.3. The highest BCUT2D eigenvalue weighted by Gasteiger charge is 2.25. The lowest BCUT2D eigenvalue weighted by molar-refractivity contribution is 0.150. The first-order valence-electron chi connectivity index (χ1n) is 6.08. The lowest BCUT2D eigenvalue weighted by Gasteiger charge is -2.20. The van der Waals surface area contributed by atoms with Gasteiger partial charge in [-0.15, -0.1) is 11.3 Å². The quantitative estimate of drug-likeness (QED) is 0.912. The smallest absolute Gasteiger partial charge is 0.268 e. The maximum absolute atomic E-state index is 9.27. The van der Waals surface area contributed by atoms with Crippen molar-refractivity contribution in [1.82, 2.24) is 15.0 Å². The molecule has 1 N–H and O–H groups in total. The Hall–Kier alpha value is -1.24. The van der Waals surface area contributed by atoms with E-state index in [1.54, 1.807) is 11.3 Å². The zero-order valence-electron chi connectivity index (χ0n) is 9.95. The van der Waals surface area contributed by atoms with Crippen LogP contribution in [0.2, 0.25) is 0 Å². The van der Waals surface area contributed by atoms with Gasteiger partial charge in [-0.25, -0.2) is 0 Å². The third kappa shape index (κ3) is 2.31. The summed E-state index contributed by atoms with van der Waals surface area (Å²) in [5.41, 5.74) is 0. The van der Waals surface area contributed by atoms with Gasteiger partial charge >= 0.3 is 0 Å². The van der Waals surface area contributed by atoms with Crippen molar-refractivity contribution in [3.63, 3.8) is 0 Å². The SMILES string of the molecule is OCC1CCCN1Cc1noc(-c2cccs2)n1. The lowest BCUT2D eigenvalue weighted by atomic mass is 10.2. The molecule has 0 spiro atoms. The van der Waals surface area contributed by atoms with E-state index >= 15 is 0 Å². The summed E-state index contributed by atoms with van der Waals surface area (Å²) in [7, 11) is 0. The average molecular weight is 265 g/mol. The van der Waals surface area contributed by atoms with E-state index in [4.69, 9.17) is 4.52 Å². The number of aliphatic hydroxyl groups excluding tert-OH is 1. The number of aliphatic hydroxyl groups is 1. The number of rotatable bonds is 4. The number of aromatic nitrogens is 2. The van der Waals surface area contributed by atoms with Crippen LogP contribution >= 0.6 is 11.3 Å². The van der Waals surface area contributed by atoms with Gasteiger partial charge in [0.15, 0.2) is 5.82 Å². The molecule has 2 aromatic heterocycles. The molecule has 1 saturated heterocycles. The molecule has 3 heterocycles. The van der Waals surface area contributed by atoms with Crippen molar-refractivity contribution in [2.75, 3.05) is 13.2 Å². The fourth-order valence-corrected chi connectivity index (χ4v) is 2.95. The lowest BCUT2D eigenvalue weighted by Crippen LogP contribution is -2.31. The third-order valence-corrected chi connectivity index (χ3v) is 4.11. The van der Waals surface area contributed by atoms with Gasteiger partial charge in [0.1, 0.15) is 0 Å². The Kier molecular flexibility index (Phi) is 3.40. The molecule has 1 atom stereocenters. The molecule has 6 heteroatoms. The van der Waals surface area contributed by atoms with E-state index in [-0.39, 0.29) is 12.6 Å². The molecule has 0 radical (unpaired) electrons. The Morgan fingerprint density at radius 1 is 1.56 bits per heavy atom. The number of hydrogen-bond donors (Lipinski definition) is 1. The van der Waals surface area contributed by atoms with Gasteiger partial charge in [0.2, 0.25) is 0 Å². The van der Waals surface area contributed by atoms with Crippen molar-refractivity contribution < 1.29 is 9.63 Å². The van der Waals surface area contributed by atoms with Crippen LogP contribution in [0.3, 0.4) is 0 Å². The number of likely N-dealkylation sites (tertiary alicyclic amines) is 1. The molecule has 96 valence electrons. The minimum absolute atomic E-state index is 0.204. The van der Waals surface area contributed by atoms with E-state index in [1.807, 2.05) is 17.5 Å². The second kappa shape index (κ2) is 5.17. The molecule has 1 aliphatic heterocycles. The zero-order chi connectivity index (χ0) is 12.4. The summed E-state index contributed by atoms with van der Waals surface area (Å²) in [6.07, 6.45) is 2.17. The molecule has 3 rings (SSSR count). The van der Waals surface area contributed by atoms with E-state index in [1.165, 1.54) is 0 Å². The van der Waals surface area contributed by atoms with Crippen molar-refractivity contribution in [2.24, 2.45) is 0 Å². The molecule has 1 unspecified atom stereocenters. The predicted octanol–water partition coefficient (Wildman–Crippen LogP) is 1.75. The van der Waals surface area contributed by atoms with Gasteiger partial charge in [-0.3, -0.25) is 4.90 Å². The van der Waals surface area contributed by atoms with Crippen LogP contribution in [0.15, 0.2) is 22.0 Å². The van der Waals surface area contributed by atoms with Crippen molar-refractivity contribution in [2.45, 2.75) is 25.4 Å². The van der Waals surface area contributed by atoms with E-state index in [2.05, 4.69) is 15.0 Å². The second-order valence-electron chi connectivity index (χ2n) is 4.44. The van der Waals surface area contributed by atoms with Gasteiger partial charge in [-0.05, 0) is 30.8 Å². The first kappa shape index (κ1) is 11.8. The Labute approximate surface area is 109 Å². The van der Waals surface area contributed by atoms with Crippen molar-refractivity contribution in [3.8, 4) is 10.8 Å². The summed E-state index contributed by atoms with van der Waals surface area (Å²) >= 11 is 1.59. The van der Waals surface area contributed by atoms with Crippen LogP contribution in [-0.2, 0) is 6.54 Å². The zero-order valence-corrected chi connectivity index (χ0v) is 10.8. The summed E-state index contributed by atoms with van der Waals surface area (Å²) in [6, 6.07) is 4.18. The topological polar surface area (TPSA) is 62.4 Å². The van der Waals surface area contributed by atoms with Crippen LogP contribution in [0.25, 0.3) is 10.8 Å². The Bertz CT molecular complexity index is 497. The van der Waals surface area contributed by atoms with Crippen molar-refractivity contribution in [3.05, 3.63) is 23.3 Å². The molecule has 0 aliphatic carbocycles. The highest BCUT2D eigenvalue weighted by Crippen LogP contribution is 2.24. The Morgan fingerprint density at radius 3 is 3.28 bits per heavy atom. The molecular weight excluding hydrogens is 250 g/mol. The second-order valence-corrected chi connectivity index (χ2v) is 5.39. The van der Waals surface area contributed by atoms with Gasteiger partial charge in [0.05, 0.1) is 18.0 Å². The van der Waals surface area contributed by atoms with Crippen LogP contribution in [0, 0.1) is 0 Å². The third-order valence-electron chi connectivity index (χ3n) is 3.25. The van der Waals surface area contributed by atoms with Crippen LogP contribution in [0.4, 0.5) is 0 Å². The molecule has 1 aliphatic rings. The van der Waals surface area contributed by atoms with Gasteiger partial charge in [-0.1, -0.05) is 11.2 Å². The molecule has 5 nitrogen and oxygen atoms in total. The Balaban J connectivity index is 1.70.